The molecule has 8 nitrogen and oxygen atoms in total. The minimum atomic E-state index is -1.04. The maximum Gasteiger partial charge on any atom is 0.344 e. The molecule has 0 heterocycles. The molecule has 0 saturated heterocycles. The summed E-state index contributed by atoms with van der Waals surface area (Å²) in [6.07, 6.45) is -0.153. The van der Waals surface area contributed by atoms with Gasteiger partial charge in [0, 0.05) is 11.8 Å². The molecule has 0 aromatic heterocycles. The Morgan fingerprint density at radius 3 is 2.44 bits per heavy atom. The van der Waals surface area contributed by atoms with Gasteiger partial charge >= 0.3 is 11.7 Å². The zero-order valence-electron chi connectivity index (χ0n) is 15.0. The molecule has 2 aromatic rings. The normalized spacial score (nSPS) is 11.3. The number of aryl methyl sites for hydroxylation is 1. The minimum absolute atomic E-state index is 0.0485. The van der Waals surface area contributed by atoms with Crippen LogP contribution in [0.3, 0.4) is 0 Å². The van der Waals surface area contributed by atoms with Crippen LogP contribution >= 0.6 is 0 Å². The molecule has 0 spiro atoms. The first kappa shape index (κ1) is 19.9. The Morgan fingerprint density at radius 1 is 1.15 bits per heavy atom. The first-order valence-electron chi connectivity index (χ1n) is 8.36. The van der Waals surface area contributed by atoms with Gasteiger partial charge in [0.25, 0.3) is 5.91 Å². The molecule has 0 radical (unpaired) electrons. The van der Waals surface area contributed by atoms with E-state index in [9.17, 15) is 19.7 Å². The fourth-order valence-corrected chi connectivity index (χ4v) is 2.22. The molecule has 2 rings (SSSR count). The van der Waals surface area contributed by atoms with Crippen LogP contribution in [0.4, 0.5) is 11.4 Å². The first-order valence-corrected chi connectivity index (χ1v) is 8.36. The van der Waals surface area contributed by atoms with Gasteiger partial charge in [0.2, 0.25) is 0 Å². The first-order chi connectivity index (χ1) is 12.9. The van der Waals surface area contributed by atoms with Gasteiger partial charge in [0.1, 0.15) is 0 Å². The van der Waals surface area contributed by atoms with E-state index in [1.807, 2.05) is 19.1 Å². The van der Waals surface area contributed by atoms with Crippen LogP contribution in [0.1, 0.15) is 19.4 Å². The average Bonchev–Trinajstić information content (AvgIpc) is 2.67. The lowest BCUT2D eigenvalue weighted by Crippen LogP contribution is -2.31. The number of anilines is 1. The second-order valence-electron chi connectivity index (χ2n) is 5.69. The molecule has 1 amide bonds. The summed E-state index contributed by atoms with van der Waals surface area (Å²) in [5.74, 6) is -1.34. The van der Waals surface area contributed by atoms with Crippen LogP contribution in [0, 0.1) is 10.1 Å². The molecule has 0 aliphatic heterocycles. The second kappa shape index (κ2) is 9.33. The highest BCUT2D eigenvalue weighted by atomic mass is 16.6. The largest absolute Gasteiger partial charge is 0.475 e. The lowest BCUT2D eigenvalue weighted by molar-refractivity contribution is -0.385. The zero-order chi connectivity index (χ0) is 19.8. The molecule has 1 N–H and O–H groups in total. The Kier molecular flexibility index (Phi) is 6.87. The van der Waals surface area contributed by atoms with Gasteiger partial charge in [-0.3, -0.25) is 14.9 Å². The summed E-state index contributed by atoms with van der Waals surface area (Å²) in [6.45, 7) is 2.91. The van der Waals surface area contributed by atoms with E-state index in [4.69, 9.17) is 9.47 Å². The number of nitrogens with zero attached hydrogens (tertiary/aromatic N) is 1. The molecule has 0 aliphatic rings. The average molecular weight is 372 g/mol. The highest BCUT2D eigenvalue weighted by molar-refractivity contribution is 5.95. The molecule has 0 fully saturated rings. The number of benzene rings is 2. The highest BCUT2D eigenvalue weighted by Crippen LogP contribution is 2.25. The molecule has 142 valence electrons. The topological polar surface area (TPSA) is 108 Å². The van der Waals surface area contributed by atoms with Crippen molar-refractivity contribution >= 4 is 23.3 Å². The number of para-hydroxylation sites is 2. The smallest absolute Gasteiger partial charge is 0.344 e. The van der Waals surface area contributed by atoms with Gasteiger partial charge in [-0.15, -0.1) is 0 Å². The number of ether oxygens (including phenoxy) is 2. The molecular weight excluding hydrogens is 352 g/mol. The van der Waals surface area contributed by atoms with Crippen LogP contribution in [0.15, 0.2) is 48.5 Å². The standard InChI is InChI=1S/C19H20N2O6/c1-3-14-8-10-15(11-9-14)20-19(23)13(2)27-18(22)12-26-17-7-5-4-6-16(17)21(24)25/h4-11,13H,3,12H2,1-2H3,(H,20,23). The van der Waals surface area contributed by atoms with Gasteiger partial charge in [-0.25, -0.2) is 4.79 Å². The highest BCUT2D eigenvalue weighted by Gasteiger charge is 2.20. The van der Waals surface area contributed by atoms with Gasteiger partial charge in [-0.2, -0.15) is 0 Å². The quantitative estimate of drug-likeness (QED) is 0.433. The Bertz CT molecular complexity index is 819. The lowest BCUT2D eigenvalue weighted by atomic mass is 10.1. The maximum absolute atomic E-state index is 12.1. The SMILES string of the molecule is CCc1ccc(NC(=O)C(C)OC(=O)COc2ccccc2[N+](=O)[O-])cc1. The van der Waals surface area contributed by atoms with Crippen molar-refractivity contribution in [2.24, 2.45) is 0 Å². The van der Waals surface area contributed by atoms with Crippen LogP contribution in [0.5, 0.6) is 5.75 Å². The number of rotatable bonds is 8. The summed E-state index contributed by atoms with van der Waals surface area (Å²) in [4.78, 5) is 34.2. The van der Waals surface area contributed by atoms with E-state index in [1.165, 1.54) is 25.1 Å². The summed E-state index contributed by atoms with van der Waals surface area (Å²) in [5, 5.41) is 13.6. The fourth-order valence-electron chi connectivity index (χ4n) is 2.22. The number of carbonyl (C=O) groups excluding carboxylic acids is 2. The predicted octanol–water partition coefficient (Wildman–Crippen LogP) is 3.11. The summed E-state index contributed by atoms with van der Waals surface area (Å²) in [6, 6.07) is 13.0. The van der Waals surface area contributed by atoms with Gasteiger partial charge in [0.05, 0.1) is 4.92 Å². The third kappa shape index (κ3) is 5.81. The summed E-state index contributed by atoms with van der Waals surface area (Å²) < 4.78 is 10.1. The zero-order valence-corrected chi connectivity index (χ0v) is 15.0. The molecular formula is C19H20N2O6. The number of nitro benzene ring substituents is 1. The molecule has 0 saturated carbocycles. The van der Waals surface area contributed by atoms with Gasteiger partial charge in [0.15, 0.2) is 18.5 Å². The summed E-state index contributed by atoms with van der Waals surface area (Å²) >= 11 is 0. The van der Waals surface area contributed by atoms with E-state index in [0.717, 1.165) is 12.0 Å². The van der Waals surface area contributed by atoms with Crippen LogP contribution in [-0.4, -0.2) is 29.5 Å². The lowest BCUT2D eigenvalue weighted by Gasteiger charge is -2.14. The minimum Gasteiger partial charge on any atom is -0.475 e. The molecule has 8 heteroatoms. The van der Waals surface area contributed by atoms with Gasteiger partial charge < -0.3 is 14.8 Å². The molecule has 2 aromatic carbocycles. The molecule has 1 unspecified atom stereocenters. The number of hydrogen-bond acceptors (Lipinski definition) is 6. The Morgan fingerprint density at radius 2 is 1.81 bits per heavy atom. The van der Waals surface area contributed by atoms with Crippen LogP contribution < -0.4 is 10.1 Å². The number of carbonyl (C=O) groups is 2. The second-order valence-corrected chi connectivity index (χ2v) is 5.69. The van der Waals surface area contributed by atoms with E-state index in [-0.39, 0.29) is 11.4 Å². The van der Waals surface area contributed by atoms with E-state index >= 15 is 0 Å². The predicted molar refractivity (Wildman–Crippen MR) is 98.6 cm³/mol. The van der Waals surface area contributed by atoms with Crippen molar-refractivity contribution in [2.75, 3.05) is 11.9 Å². The number of esters is 1. The van der Waals surface area contributed by atoms with Crippen molar-refractivity contribution in [2.45, 2.75) is 26.4 Å². The van der Waals surface area contributed by atoms with Crippen LogP contribution in [-0.2, 0) is 20.7 Å². The summed E-state index contributed by atoms with van der Waals surface area (Å²) in [5.41, 5.74) is 1.47. The Labute approximate surface area is 156 Å². The van der Waals surface area contributed by atoms with Crippen molar-refractivity contribution in [1.29, 1.82) is 0 Å². The number of nitro groups is 1. The van der Waals surface area contributed by atoms with Crippen LogP contribution in [0.2, 0.25) is 0 Å². The van der Waals surface area contributed by atoms with Crippen molar-refractivity contribution in [3.8, 4) is 5.75 Å². The molecule has 0 aliphatic carbocycles. The van der Waals surface area contributed by atoms with Crippen molar-refractivity contribution in [1.82, 2.24) is 0 Å². The molecule has 1 atom stereocenters. The van der Waals surface area contributed by atoms with Gasteiger partial charge in [-0.1, -0.05) is 31.2 Å². The van der Waals surface area contributed by atoms with Crippen LogP contribution in [0.25, 0.3) is 0 Å². The van der Waals surface area contributed by atoms with Gasteiger partial charge in [-0.05, 0) is 37.1 Å². The molecule has 27 heavy (non-hydrogen) atoms. The monoisotopic (exact) mass is 372 g/mol. The fraction of sp³-hybridized carbons (Fsp3) is 0.263. The van der Waals surface area contributed by atoms with E-state index in [0.29, 0.717) is 5.69 Å². The number of hydrogen-bond donors (Lipinski definition) is 1. The van der Waals surface area contributed by atoms with E-state index < -0.39 is 29.5 Å². The molecule has 0 bridgehead atoms. The Hall–Kier alpha value is -3.42. The van der Waals surface area contributed by atoms with Crippen molar-refractivity contribution < 1.29 is 24.0 Å². The van der Waals surface area contributed by atoms with Crippen molar-refractivity contribution in [3.05, 3.63) is 64.2 Å². The summed E-state index contributed by atoms with van der Waals surface area (Å²) in [7, 11) is 0. The number of amides is 1. The number of nitrogens with one attached hydrogen (secondary N) is 1. The van der Waals surface area contributed by atoms with E-state index in [2.05, 4.69) is 5.32 Å². The maximum atomic E-state index is 12.1. The van der Waals surface area contributed by atoms with E-state index in [1.54, 1.807) is 18.2 Å². The third-order valence-corrected chi connectivity index (χ3v) is 3.71. The third-order valence-electron chi connectivity index (χ3n) is 3.71. The van der Waals surface area contributed by atoms with Crippen molar-refractivity contribution in [3.63, 3.8) is 0 Å². The Balaban J connectivity index is 1.85.